The molecule has 0 saturated carbocycles. The molecule has 1 N–H and O–H groups in total. The quantitative estimate of drug-likeness (QED) is 0.490. The molecule has 33 heavy (non-hydrogen) atoms. The number of pyridine rings is 1. The Labute approximate surface area is 188 Å². The molecule has 4 rings (SSSR count). The smallest absolute Gasteiger partial charge is 0.320 e. The number of carbonyl (C=O) groups excluding carboxylic acids is 1. The van der Waals surface area contributed by atoms with Gasteiger partial charge in [0.2, 0.25) is 0 Å². The summed E-state index contributed by atoms with van der Waals surface area (Å²) >= 11 is 1.03. The number of alkyl halides is 3. The zero-order valence-electron chi connectivity index (χ0n) is 17.5. The average Bonchev–Trinajstić information content (AvgIpc) is 3.17. The minimum absolute atomic E-state index is 0.156. The Kier molecular flexibility index (Phi) is 5.40. The normalized spacial score (nSPS) is 11.7. The molecule has 0 atom stereocenters. The van der Waals surface area contributed by atoms with Gasteiger partial charge in [-0.25, -0.2) is 14.8 Å². The lowest BCUT2D eigenvalue weighted by Crippen LogP contribution is -2.37. The largest absolute Gasteiger partial charge is 0.416 e. The van der Waals surface area contributed by atoms with Gasteiger partial charge in [0, 0.05) is 19.7 Å². The number of thiazole rings is 1. The number of anilines is 1. The van der Waals surface area contributed by atoms with E-state index in [1.807, 2.05) is 0 Å². The van der Waals surface area contributed by atoms with E-state index >= 15 is 0 Å². The van der Waals surface area contributed by atoms with Crippen molar-refractivity contribution < 1.29 is 18.0 Å². The van der Waals surface area contributed by atoms with Crippen LogP contribution in [0.4, 0.5) is 18.9 Å². The Hall–Kier alpha value is -3.80. The molecular formula is C21H16F3N5O3S. The number of halogens is 3. The minimum Gasteiger partial charge on any atom is -0.320 e. The highest BCUT2D eigenvalue weighted by Gasteiger charge is 2.30. The third-order valence-electron chi connectivity index (χ3n) is 5.01. The molecule has 0 saturated heterocycles. The molecule has 0 aliphatic heterocycles. The van der Waals surface area contributed by atoms with Crippen molar-refractivity contribution in [1.82, 2.24) is 19.1 Å². The van der Waals surface area contributed by atoms with Crippen molar-refractivity contribution in [3.05, 3.63) is 73.5 Å². The molecule has 0 radical (unpaired) electrons. The van der Waals surface area contributed by atoms with Gasteiger partial charge in [0.25, 0.3) is 11.5 Å². The first kappa shape index (κ1) is 22.4. The van der Waals surface area contributed by atoms with Gasteiger partial charge in [-0.3, -0.25) is 18.7 Å². The van der Waals surface area contributed by atoms with E-state index in [2.05, 4.69) is 15.3 Å². The highest BCUT2D eigenvalue weighted by molar-refractivity contribution is 7.17. The Morgan fingerprint density at radius 1 is 1.09 bits per heavy atom. The monoisotopic (exact) mass is 475 g/mol. The summed E-state index contributed by atoms with van der Waals surface area (Å²) in [5, 5.41) is 3.20. The fourth-order valence-electron chi connectivity index (χ4n) is 3.25. The fourth-order valence-corrected chi connectivity index (χ4v) is 4.22. The molecular weight excluding hydrogens is 459 g/mol. The van der Waals surface area contributed by atoms with Crippen LogP contribution in [0.5, 0.6) is 0 Å². The van der Waals surface area contributed by atoms with E-state index in [9.17, 15) is 27.6 Å². The van der Waals surface area contributed by atoms with E-state index in [1.165, 1.54) is 43.1 Å². The van der Waals surface area contributed by atoms with E-state index < -0.39 is 28.9 Å². The lowest BCUT2D eigenvalue weighted by molar-refractivity contribution is -0.137. The van der Waals surface area contributed by atoms with E-state index in [0.717, 1.165) is 28.0 Å². The molecule has 8 nitrogen and oxygen atoms in total. The van der Waals surface area contributed by atoms with E-state index in [1.54, 1.807) is 6.92 Å². The summed E-state index contributed by atoms with van der Waals surface area (Å²) < 4.78 is 40.5. The molecule has 1 aromatic carbocycles. The number of nitrogens with zero attached hydrogens (tertiary/aromatic N) is 4. The Morgan fingerprint density at radius 2 is 1.76 bits per heavy atom. The summed E-state index contributed by atoms with van der Waals surface area (Å²) in [6.45, 7) is 1.61. The second kappa shape index (κ2) is 7.96. The summed E-state index contributed by atoms with van der Waals surface area (Å²) in [5.41, 5.74) is -0.564. The van der Waals surface area contributed by atoms with Gasteiger partial charge in [0.15, 0.2) is 0 Å². The fraction of sp³-hybridized carbons (Fsp3) is 0.190. The van der Waals surface area contributed by atoms with Crippen LogP contribution in [-0.2, 0) is 20.3 Å². The van der Waals surface area contributed by atoms with Gasteiger partial charge in [-0.15, -0.1) is 11.3 Å². The first-order chi connectivity index (χ1) is 15.5. The van der Waals surface area contributed by atoms with Gasteiger partial charge < -0.3 is 5.32 Å². The predicted octanol–water partition coefficient (Wildman–Crippen LogP) is 3.34. The maximum atomic E-state index is 12.8. The zero-order chi connectivity index (χ0) is 24.1. The highest BCUT2D eigenvalue weighted by atomic mass is 32.1. The van der Waals surface area contributed by atoms with Gasteiger partial charge in [-0.05, 0) is 25.1 Å². The Balaban J connectivity index is 1.63. The van der Waals surface area contributed by atoms with Gasteiger partial charge in [-0.1, -0.05) is 12.1 Å². The number of carbonyl (C=O) groups is 1. The molecule has 3 heterocycles. The van der Waals surface area contributed by atoms with Crippen molar-refractivity contribution in [3.8, 4) is 10.6 Å². The van der Waals surface area contributed by atoms with Crippen molar-refractivity contribution in [2.75, 3.05) is 5.32 Å². The average molecular weight is 475 g/mol. The number of nitrogens with one attached hydrogen (secondary N) is 1. The maximum Gasteiger partial charge on any atom is 0.416 e. The molecule has 0 spiro atoms. The van der Waals surface area contributed by atoms with Crippen LogP contribution >= 0.6 is 11.3 Å². The summed E-state index contributed by atoms with van der Waals surface area (Å²) in [5.74, 6) is -0.508. The van der Waals surface area contributed by atoms with Gasteiger partial charge in [0.1, 0.15) is 15.5 Å². The second-order valence-electron chi connectivity index (χ2n) is 7.26. The number of amides is 1. The van der Waals surface area contributed by atoms with E-state index in [-0.39, 0.29) is 21.6 Å². The third kappa shape index (κ3) is 4.04. The second-order valence-corrected chi connectivity index (χ2v) is 8.26. The topological polar surface area (TPSA) is 98.9 Å². The summed E-state index contributed by atoms with van der Waals surface area (Å²) in [7, 11) is 2.83. The molecule has 3 aromatic heterocycles. The van der Waals surface area contributed by atoms with Gasteiger partial charge in [0.05, 0.1) is 28.5 Å². The summed E-state index contributed by atoms with van der Waals surface area (Å²) in [6, 6.07) is 5.95. The van der Waals surface area contributed by atoms with Gasteiger partial charge >= 0.3 is 11.9 Å². The van der Waals surface area contributed by atoms with Crippen molar-refractivity contribution in [1.29, 1.82) is 0 Å². The number of rotatable bonds is 3. The van der Waals surface area contributed by atoms with Crippen molar-refractivity contribution in [2.45, 2.75) is 13.1 Å². The number of aryl methyl sites for hydroxylation is 2. The highest BCUT2D eigenvalue weighted by Crippen LogP contribution is 2.33. The van der Waals surface area contributed by atoms with Crippen LogP contribution in [0.15, 0.2) is 46.1 Å². The summed E-state index contributed by atoms with van der Waals surface area (Å²) in [6.07, 6.45) is -3.12. The number of aromatic nitrogens is 4. The lowest BCUT2D eigenvalue weighted by atomic mass is 10.1. The SMILES string of the molecule is Cc1nc(-c2ccc(C(F)(F)F)cc2)sc1C(=O)Nc1cnc2c(c1)c(=O)n(C)c(=O)n2C. The van der Waals surface area contributed by atoms with Crippen molar-refractivity contribution >= 4 is 34.0 Å². The molecule has 0 bridgehead atoms. The lowest BCUT2D eigenvalue weighted by Gasteiger charge is -2.09. The Bertz CT molecular complexity index is 1520. The van der Waals surface area contributed by atoms with Crippen LogP contribution in [-0.4, -0.2) is 25.0 Å². The molecule has 4 aromatic rings. The number of fused-ring (bicyclic) bond motifs is 1. The summed E-state index contributed by atoms with van der Waals surface area (Å²) in [4.78, 5) is 46.0. The molecule has 0 aliphatic rings. The van der Waals surface area contributed by atoms with Crippen LogP contribution in [0.1, 0.15) is 20.9 Å². The first-order valence-corrected chi connectivity index (χ1v) is 10.3. The number of hydrogen-bond donors (Lipinski definition) is 1. The maximum absolute atomic E-state index is 12.8. The molecule has 0 aliphatic carbocycles. The Morgan fingerprint density at radius 3 is 2.39 bits per heavy atom. The van der Waals surface area contributed by atoms with Crippen LogP contribution in [0.3, 0.4) is 0 Å². The van der Waals surface area contributed by atoms with E-state index in [4.69, 9.17) is 0 Å². The van der Waals surface area contributed by atoms with Crippen molar-refractivity contribution in [2.24, 2.45) is 14.1 Å². The first-order valence-electron chi connectivity index (χ1n) is 9.49. The molecule has 170 valence electrons. The zero-order valence-corrected chi connectivity index (χ0v) is 18.3. The standard InChI is InChI=1S/C21H16F3N5O3S/c1-10-15(33-18(26-10)11-4-6-12(7-5-11)21(22,23)24)17(30)27-13-8-14-16(25-9-13)28(2)20(32)29(3)19(14)31/h4-9H,1-3H3,(H,27,30). The predicted molar refractivity (Wildman–Crippen MR) is 117 cm³/mol. The molecule has 0 unspecified atom stereocenters. The van der Waals surface area contributed by atoms with E-state index in [0.29, 0.717) is 16.3 Å². The third-order valence-corrected chi connectivity index (χ3v) is 6.22. The number of benzene rings is 1. The molecule has 12 heteroatoms. The van der Waals surface area contributed by atoms with Crippen molar-refractivity contribution in [3.63, 3.8) is 0 Å². The molecule has 0 fully saturated rings. The number of hydrogen-bond acceptors (Lipinski definition) is 6. The molecule has 1 amide bonds. The van der Waals surface area contributed by atoms with Crippen LogP contribution < -0.4 is 16.6 Å². The van der Waals surface area contributed by atoms with Crippen LogP contribution in [0.25, 0.3) is 21.6 Å². The van der Waals surface area contributed by atoms with Crippen LogP contribution in [0, 0.1) is 6.92 Å². The van der Waals surface area contributed by atoms with Crippen LogP contribution in [0.2, 0.25) is 0 Å². The van der Waals surface area contributed by atoms with Gasteiger partial charge in [-0.2, -0.15) is 13.2 Å². The minimum atomic E-state index is -4.44.